The summed E-state index contributed by atoms with van der Waals surface area (Å²) in [7, 11) is 0. The van der Waals surface area contributed by atoms with E-state index >= 15 is 0 Å². The van der Waals surface area contributed by atoms with Crippen molar-refractivity contribution in [1.29, 1.82) is 0 Å². The Kier molecular flexibility index (Phi) is 2.98. The number of rotatable bonds is 2. The van der Waals surface area contributed by atoms with Crippen LogP contribution in [0.3, 0.4) is 0 Å². The molecule has 1 saturated heterocycles. The van der Waals surface area contributed by atoms with Crippen molar-refractivity contribution in [2.45, 2.75) is 12.8 Å². The van der Waals surface area contributed by atoms with Crippen molar-refractivity contribution in [3.05, 3.63) is 29.0 Å². The van der Waals surface area contributed by atoms with Gasteiger partial charge in [0.15, 0.2) is 0 Å². The van der Waals surface area contributed by atoms with E-state index in [4.69, 9.17) is 17.3 Å². The molecule has 0 amide bonds. The molecule has 14 heavy (non-hydrogen) atoms. The zero-order valence-corrected chi connectivity index (χ0v) is 8.54. The molecule has 1 unspecified atom stereocenters. The van der Waals surface area contributed by atoms with Crippen LogP contribution in [0, 0.1) is 0 Å². The van der Waals surface area contributed by atoms with Gasteiger partial charge in [0.25, 0.3) is 0 Å². The third kappa shape index (κ3) is 2.22. The van der Waals surface area contributed by atoms with Crippen LogP contribution in [0.5, 0.6) is 0 Å². The molecule has 1 aromatic rings. The number of hydrogen-bond donors (Lipinski definition) is 2. The van der Waals surface area contributed by atoms with Gasteiger partial charge < -0.3 is 5.73 Å². The van der Waals surface area contributed by atoms with Gasteiger partial charge in [0.2, 0.25) is 0 Å². The third-order valence-corrected chi connectivity index (χ3v) is 2.54. The maximum absolute atomic E-state index is 5.83. The Morgan fingerprint density at radius 1 is 1.64 bits per heavy atom. The van der Waals surface area contributed by atoms with Gasteiger partial charge in [0, 0.05) is 25.8 Å². The Bertz CT molecular complexity index is 300. The summed E-state index contributed by atoms with van der Waals surface area (Å²) in [6.45, 7) is 2.74. The Balaban J connectivity index is 2.00. The lowest BCUT2D eigenvalue weighted by Gasteiger charge is -2.19. The van der Waals surface area contributed by atoms with Crippen LogP contribution in [0.15, 0.2) is 18.3 Å². The minimum atomic E-state index is -0.0364. The van der Waals surface area contributed by atoms with Gasteiger partial charge in [0.05, 0.1) is 0 Å². The molecule has 1 aliphatic heterocycles. The van der Waals surface area contributed by atoms with E-state index in [1.165, 1.54) is 0 Å². The summed E-state index contributed by atoms with van der Waals surface area (Å²) >= 11 is 5.70. The third-order valence-electron chi connectivity index (χ3n) is 2.32. The molecule has 0 bridgehead atoms. The van der Waals surface area contributed by atoms with Crippen LogP contribution in [0.2, 0.25) is 5.15 Å². The van der Waals surface area contributed by atoms with Gasteiger partial charge in [-0.05, 0) is 11.6 Å². The summed E-state index contributed by atoms with van der Waals surface area (Å²) < 4.78 is 0. The molecule has 1 atom stereocenters. The molecule has 2 heterocycles. The van der Waals surface area contributed by atoms with E-state index < -0.39 is 0 Å². The molecule has 3 N–H and O–H groups in total. The van der Waals surface area contributed by atoms with E-state index in [2.05, 4.69) is 15.2 Å². The van der Waals surface area contributed by atoms with Gasteiger partial charge in [-0.3, -0.25) is 10.2 Å². The highest BCUT2D eigenvalue weighted by Gasteiger charge is 2.19. The van der Waals surface area contributed by atoms with Crippen LogP contribution in [-0.2, 0) is 6.54 Å². The largest absolute Gasteiger partial charge is 0.303 e. The Labute approximate surface area is 88.1 Å². The standard InChI is InChI=1S/C9H13ClN4/c10-8-2-1-7(5-13-8)6-14-4-3-12-9(14)11/h1-2,5,9,12H,3-4,6,11H2. The molecule has 4 nitrogen and oxygen atoms in total. The van der Waals surface area contributed by atoms with Gasteiger partial charge in [-0.2, -0.15) is 0 Å². The first kappa shape index (κ1) is 9.86. The highest BCUT2D eigenvalue weighted by Crippen LogP contribution is 2.09. The molecule has 0 aliphatic carbocycles. The maximum atomic E-state index is 5.83. The van der Waals surface area contributed by atoms with Crippen molar-refractivity contribution in [2.24, 2.45) is 5.73 Å². The molecule has 76 valence electrons. The Hall–Kier alpha value is -0.680. The van der Waals surface area contributed by atoms with Crippen LogP contribution in [0.25, 0.3) is 0 Å². The minimum absolute atomic E-state index is 0.0364. The highest BCUT2D eigenvalue weighted by molar-refractivity contribution is 6.29. The second-order valence-corrected chi connectivity index (χ2v) is 3.75. The quantitative estimate of drug-likeness (QED) is 0.697. The number of nitrogens with one attached hydrogen (secondary N) is 1. The van der Waals surface area contributed by atoms with E-state index in [1.54, 1.807) is 12.3 Å². The van der Waals surface area contributed by atoms with Crippen molar-refractivity contribution in [3.63, 3.8) is 0 Å². The molecule has 0 spiro atoms. The van der Waals surface area contributed by atoms with Gasteiger partial charge in [-0.1, -0.05) is 17.7 Å². The lowest BCUT2D eigenvalue weighted by Crippen LogP contribution is -2.42. The summed E-state index contributed by atoms with van der Waals surface area (Å²) in [4.78, 5) is 6.18. The molecular weight excluding hydrogens is 200 g/mol. The fourth-order valence-corrected chi connectivity index (χ4v) is 1.65. The molecule has 0 aromatic carbocycles. The second-order valence-electron chi connectivity index (χ2n) is 3.36. The average molecular weight is 213 g/mol. The lowest BCUT2D eigenvalue weighted by molar-refractivity contribution is 0.238. The zero-order valence-electron chi connectivity index (χ0n) is 7.78. The monoisotopic (exact) mass is 212 g/mol. The first-order chi connectivity index (χ1) is 6.75. The summed E-state index contributed by atoms with van der Waals surface area (Å²) in [5, 5.41) is 3.68. The number of aromatic nitrogens is 1. The van der Waals surface area contributed by atoms with Crippen LogP contribution < -0.4 is 11.1 Å². The van der Waals surface area contributed by atoms with Gasteiger partial charge >= 0.3 is 0 Å². The summed E-state index contributed by atoms with van der Waals surface area (Å²) in [6.07, 6.45) is 1.75. The predicted molar refractivity (Wildman–Crippen MR) is 55.6 cm³/mol. The number of hydrogen-bond acceptors (Lipinski definition) is 4. The Morgan fingerprint density at radius 2 is 2.50 bits per heavy atom. The molecule has 1 aliphatic rings. The van der Waals surface area contributed by atoms with Crippen molar-refractivity contribution in [1.82, 2.24) is 15.2 Å². The van der Waals surface area contributed by atoms with E-state index in [1.807, 2.05) is 6.07 Å². The first-order valence-electron chi connectivity index (χ1n) is 4.59. The fraction of sp³-hybridized carbons (Fsp3) is 0.444. The van der Waals surface area contributed by atoms with E-state index in [9.17, 15) is 0 Å². The van der Waals surface area contributed by atoms with Crippen molar-refractivity contribution >= 4 is 11.6 Å². The highest BCUT2D eigenvalue weighted by atomic mass is 35.5. The summed E-state index contributed by atoms with van der Waals surface area (Å²) in [5.41, 5.74) is 6.96. The Morgan fingerprint density at radius 3 is 3.07 bits per heavy atom. The molecule has 2 rings (SSSR count). The van der Waals surface area contributed by atoms with Crippen LogP contribution in [-0.4, -0.2) is 29.3 Å². The number of pyridine rings is 1. The number of halogens is 1. The first-order valence-corrected chi connectivity index (χ1v) is 4.97. The molecule has 1 aromatic heterocycles. The molecular formula is C9H13ClN4. The maximum Gasteiger partial charge on any atom is 0.129 e. The minimum Gasteiger partial charge on any atom is -0.303 e. The van der Waals surface area contributed by atoms with Crippen molar-refractivity contribution < 1.29 is 0 Å². The van der Waals surface area contributed by atoms with Crippen LogP contribution >= 0.6 is 11.6 Å². The molecule has 5 heteroatoms. The normalized spacial score (nSPS) is 22.9. The van der Waals surface area contributed by atoms with Gasteiger partial charge in [-0.15, -0.1) is 0 Å². The molecule has 0 radical (unpaired) electrons. The predicted octanol–water partition coefficient (Wildman–Crippen LogP) is 0.383. The number of nitrogens with zero attached hydrogens (tertiary/aromatic N) is 2. The SMILES string of the molecule is NC1NCCN1Cc1ccc(Cl)nc1. The number of nitrogens with two attached hydrogens (primary N) is 1. The molecule has 1 fully saturated rings. The molecule has 0 saturated carbocycles. The van der Waals surface area contributed by atoms with Crippen LogP contribution in [0.4, 0.5) is 0 Å². The average Bonchev–Trinajstić information content (AvgIpc) is 2.56. The summed E-state index contributed by atoms with van der Waals surface area (Å²) in [5.74, 6) is 0. The fourth-order valence-electron chi connectivity index (χ4n) is 1.54. The van der Waals surface area contributed by atoms with E-state index in [-0.39, 0.29) is 6.29 Å². The smallest absolute Gasteiger partial charge is 0.129 e. The lowest BCUT2D eigenvalue weighted by atomic mass is 10.3. The topological polar surface area (TPSA) is 54.2 Å². The van der Waals surface area contributed by atoms with Crippen molar-refractivity contribution in [2.75, 3.05) is 13.1 Å². The second kappa shape index (κ2) is 4.23. The van der Waals surface area contributed by atoms with E-state index in [0.29, 0.717) is 5.15 Å². The van der Waals surface area contributed by atoms with Gasteiger partial charge in [0.1, 0.15) is 11.4 Å². The summed E-state index contributed by atoms with van der Waals surface area (Å²) in [6, 6.07) is 3.77. The van der Waals surface area contributed by atoms with E-state index in [0.717, 1.165) is 25.2 Å². The zero-order chi connectivity index (χ0) is 9.97. The van der Waals surface area contributed by atoms with Gasteiger partial charge in [-0.25, -0.2) is 4.98 Å². The van der Waals surface area contributed by atoms with Crippen molar-refractivity contribution in [3.8, 4) is 0 Å². The van der Waals surface area contributed by atoms with Crippen LogP contribution in [0.1, 0.15) is 5.56 Å².